The highest BCUT2D eigenvalue weighted by Crippen LogP contribution is 2.30. The van der Waals surface area contributed by atoms with E-state index >= 15 is 0 Å². The average molecular weight is 364 g/mol. The van der Waals surface area contributed by atoms with Crippen LogP contribution in [0.3, 0.4) is 0 Å². The Kier molecular flexibility index (Phi) is 5.11. The molecule has 1 aliphatic rings. The van der Waals surface area contributed by atoms with Crippen molar-refractivity contribution in [3.8, 4) is 0 Å². The number of carbonyl (C=O) groups excluding carboxylic acids is 1. The lowest BCUT2D eigenvalue weighted by Gasteiger charge is -2.30. The molecule has 3 rings (SSSR count). The number of likely N-dealkylation sites (tertiary alicyclic amines) is 1. The number of nitrogens with one attached hydrogen (secondary N) is 1. The van der Waals surface area contributed by atoms with Gasteiger partial charge in [0.05, 0.1) is 5.56 Å². The van der Waals surface area contributed by atoms with Gasteiger partial charge in [-0.25, -0.2) is 9.97 Å². The number of hydrogen-bond donors (Lipinski definition) is 1. The molecule has 2 aromatic rings. The third-order valence-electron chi connectivity index (χ3n) is 4.44. The average Bonchev–Trinajstić information content (AvgIpc) is 2.62. The van der Waals surface area contributed by atoms with Crippen molar-refractivity contribution < 1.29 is 18.0 Å². The first-order valence-corrected chi connectivity index (χ1v) is 8.38. The van der Waals surface area contributed by atoms with E-state index in [4.69, 9.17) is 0 Å². The lowest BCUT2D eigenvalue weighted by molar-refractivity contribution is -0.137. The number of halogens is 3. The van der Waals surface area contributed by atoms with Crippen molar-refractivity contribution in [3.63, 3.8) is 0 Å². The molecular formula is C18H19F3N4O. The number of hydrogen-bond acceptors (Lipinski definition) is 4. The van der Waals surface area contributed by atoms with Crippen LogP contribution in [0.2, 0.25) is 0 Å². The Morgan fingerprint density at radius 1 is 1.15 bits per heavy atom. The number of piperidine rings is 1. The molecule has 0 saturated carbocycles. The molecule has 0 aliphatic carbocycles. The van der Waals surface area contributed by atoms with Crippen LogP contribution < -0.4 is 5.32 Å². The molecule has 26 heavy (non-hydrogen) atoms. The van der Waals surface area contributed by atoms with Crippen molar-refractivity contribution in [2.75, 3.05) is 18.4 Å². The van der Waals surface area contributed by atoms with E-state index < -0.39 is 11.7 Å². The van der Waals surface area contributed by atoms with Gasteiger partial charge in [0.1, 0.15) is 17.8 Å². The summed E-state index contributed by atoms with van der Waals surface area (Å²) in [4.78, 5) is 22.4. The van der Waals surface area contributed by atoms with Gasteiger partial charge >= 0.3 is 6.18 Å². The number of alkyl halides is 3. The molecule has 1 amide bonds. The Morgan fingerprint density at radius 3 is 2.42 bits per heavy atom. The zero-order valence-electron chi connectivity index (χ0n) is 14.3. The fourth-order valence-corrected chi connectivity index (χ4v) is 2.81. The molecule has 138 valence electrons. The standard InChI is InChI=1S/C18H19F3N4O/c1-12-6-8-25(9-7-12)17(26)15-10-16(23-11-22-15)24-14-4-2-13(3-5-14)18(19,20)21/h2-5,10-12H,6-9H2,1H3,(H,22,23,24). The molecule has 5 nitrogen and oxygen atoms in total. The third kappa shape index (κ3) is 4.30. The van der Waals surface area contributed by atoms with E-state index in [1.54, 1.807) is 4.90 Å². The number of aromatic nitrogens is 2. The van der Waals surface area contributed by atoms with Crippen LogP contribution in [0.5, 0.6) is 0 Å². The zero-order chi connectivity index (χ0) is 18.7. The quantitative estimate of drug-likeness (QED) is 0.890. The SMILES string of the molecule is CC1CCN(C(=O)c2cc(Nc3ccc(C(F)(F)F)cc3)ncn2)CC1. The summed E-state index contributed by atoms with van der Waals surface area (Å²) in [6.07, 6.45) is -1.17. The Balaban J connectivity index is 1.70. The first kappa shape index (κ1) is 18.2. The summed E-state index contributed by atoms with van der Waals surface area (Å²) < 4.78 is 37.8. The van der Waals surface area contributed by atoms with E-state index in [0.717, 1.165) is 25.0 Å². The monoisotopic (exact) mass is 364 g/mol. The van der Waals surface area contributed by atoms with Crippen molar-refractivity contribution >= 4 is 17.4 Å². The van der Waals surface area contributed by atoms with Gasteiger partial charge in [0, 0.05) is 24.8 Å². The number of rotatable bonds is 3. The first-order chi connectivity index (χ1) is 12.3. The lowest BCUT2D eigenvalue weighted by atomic mass is 9.99. The van der Waals surface area contributed by atoms with Crippen LogP contribution >= 0.6 is 0 Å². The molecule has 1 aliphatic heterocycles. The highest BCUT2D eigenvalue weighted by atomic mass is 19.4. The molecular weight excluding hydrogens is 345 g/mol. The third-order valence-corrected chi connectivity index (χ3v) is 4.44. The Bertz CT molecular complexity index is 769. The summed E-state index contributed by atoms with van der Waals surface area (Å²) in [6, 6.07) is 6.13. The van der Waals surface area contributed by atoms with Crippen LogP contribution in [-0.2, 0) is 6.18 Å². The maximum Gasteiger partial charge on any atom is 0.416 e. The summed E-state index contributed by atoms with van der Waals surface area (Å²) in [5.74, 6) is 0.810. The maximum absolute atomic E-state index is 12.6. The van der Waals surface area contributed by atoms with E-state index in [2.05, 4.69) is 22.2 Å². The predicted octanol–water partition coefficient (Wildman–Crippen LogP) is 4.11. The maximum atomic E-state index is 12.6. The second-order valence-electron chi connectivity index (χ2n) is 6.46. The van der Waals surface area contributed by atoms with Crippen LogP contribution in [0, 0.1) is 5.92 Å². The lowest BCUT2D eigenvalue weighted by Crippen LogP contribution is -2.38. The minimum absolute atomic E-state index is 0.158. The molecule has 0 bridgehead atoms. The first-order valence-electron chi connectivity index (χ1n) is 8.38. The van der Waals surface area contributed by atoms with Crippen LogP contribution in [0.4, 0.5) is 24.7 Å². The van der Waals surface area contributed by atoms with Gasteiger partial charge in [-0.05, 0) is 43.0 Å². The summed E-state index contributed by atoms with van der Waals surface area (Å²) >= 11 is 0. The van der Waals surface area contributed by atoms with E-state index in [1.165, 1.54) is 24.5 Å². The van der Waals surface area contributed by atoms with Gasteiger partial charge in [0.25, 0.3) is 5.91 Å². The summed E-state index contributed by atoms with van der Waals surface area (Å²) in [6.45, 7) is 3.57. The molecule has 2 heterocycles. The molecule has 8 heteroatoms. The van der Waals surface area contributed by atoms with Crippen molar-refractivity contribution in [1.29, 1.82) is 0 Å². The normalized spacial score (nSPS) is 15.8. The topological polar surface area (TPSA) is 58.1 Å². The second-order valence-corrected chi connectivity index (χ2v) is 6.46. The smallest absolute Gasteiger partial charge is 0.340 e. The minimum atomic E-state index is -4.38. The summed E-state index contributed by atoms with van der Waals surface area (Å²) in [7, 11) is 0. The number of benzene rings is 1. The van der Waals surface area contributed by atoms with Gasteiger partial charge in [-0.15, -0.1) is 0 Å². The van der Waals surface area contributed by atoms with Gasteiger partial charge < -0.3 is 10.2 Å². The molecule has 1 fully saturated rings. The van der Waals surface area contributed by atoms with Crippen LogP contribution in [0.25, 0.3) is 0 Å². The molecule has 0 spiro atoms. The fraction of sp³-hybridized carbons (Fsp3) is 0.389. The van der Waals surface area contributed by atoms with E-state index in [9.17, 15) is 18.0 Å². The van der Waals surface area contributed by atoms with Crippen LogP contribution in [-0.4, -0.2) is 33.9 Å². The summed E-state index contributed by atoms with van der Waals surface area (Å²) in [5.41, 5.74) is -0.00760. The molecule has 1 N–H and O–H groups in total. The van der Waals surface area contributed by atoms with Crippen LogP contribution in [0.1, 0.15) is 35.8 Å². The molecule has 0 unspecified atom stereocenters. The Labute approximate surface area is 149 Å². The van der Waals surface area contributed by atoms with Gasteiger partial charge in [0.2, 0.25) is 0 Å². The largest absolute Gasteiger partial charge is 0.416 e. The molecule has 0 radical (unpaired) electrons. The number of nitrogens with zero attached hydrogens (tertiary/aromatic N) is 3. The number of anilines is 2. The van der Waals surface area contributed by atoms with Crippen molar-refractivity contribution in [3.05, 3.63) is 47.9 Å². The number of carbonyl (C=O) groups is 1. The molecule has 1 aromatic carbocycles. The predicted molar refractivity (Wildman–Crippen MR) is 91.1 cm³/mol. The second kappa shape index (κ2) is 7.31. The van der Waals surface area contributed by atoms with Gasteiger partial charge in [0.15, 0.2) is 0 Å². The van der Waals surface area contributed by atoms with Gasteiger partial charge in [-0.3, -0.25) is 4.79 Å². The minimum Gasteiger partial charge on any atom is -0.340 e. The van der Waals surface area contributed by atoms with E-state index in [0.29, 0.717) is 30.5 Å². The van der Waals surface area contributed by atoms with Crippen LogP contribution in [0.15, 0.2) is 36.7 Å². The van der Waals surface area contributed by atoms with Gasteiger partial charge in [-0.2, -0.15) is 13.2 Å². The van der Waals surface area contributed by atoms with Crippen molar-refractivity contribution in [2.24, 2.45) is 5.92 Å². The molecule has 1 saturated heterocycles. The van der Waals surface area contributed by atoms with Crippen molar-refractivity contribution in [1.82, 2.24) is 14.9 Å². The number of amides is 1. The van der Waals surface area contributed by atoms with E-state index in [1.807, 2.05) is 0 Å². The summed E-state index contributed by atoms with van der Waals surface area (Å²) in [5, 5.41) is 2.90. The Morgan fingerprint density at radius 2 is 1.81 bits per heavy atom. The molecule has 1 aromatic heterocycles. The Hall–Kier alpha value is -2.64. The van der Waals surface area contributed by atoms with Crippen molar-refractivity contribution in [2.45, 2.75) is 25.9 Å². The fourth-order valence-electron chi connectivity index (χ4n) is 2.81. The molecule has 0 atom stereocenters. The highest BCUT2D eigenvalue weighted by molar-refractivity contribution is 5.93. The zero-order valence-corrected chi connectivity index (χ0v) is 14.3. The van der Waals surface area contributed by atoms with E-state index in [-0.39, 0.29) is 11.6 Å². The van der Waals surface area contributed by atoms with Gasteiger partial charge in [-0.1, -0.05) is 6.92 Å². The highest BCUT2D eigenvalue weighted by Gasteiger charge is 2.30.